The summed E-state index contributed by atoms with van der Waals surface area (Å²) >= 11 is 0. The van der Waals surface area contributed by atoms with Gasteiger partial charge in [-0.15, -0.1) is 0 Å². The molecule has 0 bridgehead atoms. The van der Waals surface area contributed by atoms with Gasteiger partial charge in [0.1, 0.15) is 0 Å². The van der Waals surface area contributed by atoms with Crippen molar-refractivity contribution >= 4 is 0 Å². The van der Waals surface area contributed by atoms with Crippen molar-refractivity contribution < 1.29 is 0 Å². The van der Waals surface area contributed by atoms with Gasteiger partial charge in [-0.3, -0.25) is 9.80 Å². The zero-order chi connectivity index (χ0) is 12.5. The van der Waals surface area contributed by atoms with Crippen molar-refractivity contribution in [1.82, 2.24) is 9.80 Å². The van der Waals surface area contributed by atoms with Crippen LogP contribution in [0.15, 0.2) is 0 Å². The van der Waals surface area contributed by atoms with E-state index < -0.39 is 0 Å². The highest BCUT2D eigenvalue weighted by molar-refractivity contribution is 4.91. The summed E-state index contributed by atoms with van der Waals surface area (Å²) in [6.07, 6.45) is 8.16. The topological polar surface area (TPSA) is 32.5 Å². The molecule has 2 heterocycles. The molecule has 0 radical (unpaired) electrons. The van der Waals surface area contributed by atoms with Crippen molar-refractivity contribution in [3.05, 3.63) is 0 Å². The van der Waals surface area contributed by atoms with Gasteiger partial charge >= 0.3 is 0 Å². The van der Waals surface area contributed by atoms with E-state index in [-0.39, 0.29) is 0 Å². The fraction of sp³-hybridized carbons (Fsp3) is 1.00. The summed E-state index contributed by atoms with van der Waals surface area (Å²) in [5.74, 6) is 0.873. The maximum atomic E-state index is 6.04. The zero-order valence-electron chi connectivity index (χ0n) is 11.9. The van der Waals surface area contributed by atoms with Gasteiger partial charge in [0.05, 0.1) is 0 Å². The molecular weight excluding hydrogens is 222 g/mol. The van der Waals surface area contributed by atoms with Gasteiger partial charge in [0.25, 0.3) is 0 Å². The minimum Gasteiger partial charge on any atom is -0.328 e. The molecule has 3 heteroatoms. The quantitative estimate of drug-likeness (QED) is 0.810. The van der Waals surface area contributed by atoms with Crippen molar-refractivity contribution in [2.45, 2.75) is 63.6 Å². The molecule has 2 saturated heterocycles. The molecule has 1 saturated carbocycles. The predicted molar refractivity (Wildman–Crippen MR) is 75.6 cm³/mol. The maximum absolute atomic E-state index is 6.04. The molecule has 2 aliphatic heterocycles. The summed E-state index contributed by atoms with van der Waals surface area (Å²) < 4.78 is 0. The standard InChI is InChI=1S/C15H29N3/c1-12-9-17-7-3-2-4-15(17)11-18(12)10-13-5-6-14(16)8-13/h12-15H,2-11,16H2,1H3. The van der Waals surface area contributed by atoms with Crippen molar-refractivity contribution in [2.75, 3.05) is 26.2 Å². The third-order valence-corrected chi connectivity index (χ3v) is 5.39. The van der Waals surface area contributed by atoms with Crippen LogP contribution in [0.25, 0.3) is 0 Å². The highest BCUT2D eigenvalue weighted by Gasteiger charge is 2.34. The van der Waals surface area contributed by atoms with E-state index >= 15 is 0 Å². The lowest BCUT2D eigenvalue weighted by molar-refractivity contribution is 0.00805. The second-order valence-corrected chi connectivity index (χ2v) is 6.89. The highest BCUT2D eigenvalue weighted by atomic mass is 15.3. The predicted octanol–water partition coefficient (Wildman–Crippen LogP) is 1.67. The Morgan fingerprint density at radius 2 is 2.00 bits per heavy atom. The van der Waals surface area contributed by atoms with Crippen LogP contribution in [0, 0.1) is 5.92 Å². The molecule has 1 aliphatic carbocycles. The smallest absolute Gasteiger partial charge is 0.0223 e. The average Bonchev–Trinajstić information content (AvgIpc) is 2.76. The van der Waals surface area contributed by atoms with E-state index in [0.29, 0.717) is 6.04 Å². The van der Waals surface area contributed by atoms with Gasteiger partial charge < -0.3 is 5.73 Å². The number of nitrogens with two attached hydrogens (primary N) is 1. The fourth-order valence-corrected chi connectivity index (χ4v) is 4.28. The summed E-state index contributed by atoms with van der Waals surface area (Å²) in [5.41, 5.74) is 6.04. The van der Waals surface area contributed by atoms with Gasteiger partial charge in [0.2, 0.25) is 0 Å². The molecule has 0 aromatic heterocycles. The van der Waals surface area contributed by atoms with E-state index in [1.807, 2.05) is 0 Å². The summed E-state index contributed by atoms with van der Waals surface area (Å²) in [4.78, 5) is 5.50. The van der Waals surface area contributed by atoms with Crippen LogP contribution >= 0.6 is 0 Å². The molecule has 4 atom stereocenters. The Balaban J connectivity index is 1.55. The number of hydrogen-bond acceptors (Lipinski definition) is 3. The Hall–Kier alpha value is -0.120. The molecule has 0 spiro atoms. The lowest BCUT2D eigenvalue weighted by Gasteiger charge is -2.48. The molecule has 18 heavy (non-hydrogen) atoms. The molecule has 0 amide bonds. The Labute approximate surface area is 112 Å². The number of hydrogen-bond donors (Lipinski definition) is 1. The monoisotopic (exact) mass is 251 g/mol. The summed E-state index contributed by atoms with van der Waals surface area (Å²) in [6, 6.07) is 2.09. The Morgan fingerprint density at radius 3 is 2.78 bits per heavy atom. The zero-order valence-corrected chi connectivity index (χ0v) is 11.9. The third-order valence-electron chi connectivity index (χ3n) is 5.39. The van der Waals surface area contributed by atoms with Crippen LogP contribution in [-0.2, 0) is 0 Å². The van der Waals surface area contributed by atoms with Crippen LogP contribution in [0.2, 0.25) is 0 Å². The second kappa shape index (κ2) is 5.48. The van der Waals surface area contributed by atoms with Gasteiger partial charge in [-0.05, 0) is 51.5 Å². The van der Waals surface area contributed by atoms with Crippen LogP contribution in [0.5, 0.6) is 0 Å². The van der Waals surface area contributed by atoms with E-state index in [4.69, 9.17) is 5.73 Å². The van der Waals surface area contributed by atoms with Crippen LogP contribution < -0.4 is 5.73 Å². The van der Waals surface area contributed by atoms with Crippen LogP contribution in [0.4, 0.5) is 0 Å². The van der Waals surface area contributed by atoms with E-state index in [9.17, 15) is 0 Å². The SMILES string of the molecule is CC1CN2CCCCC2CN1CC1CCC(N)C1. The van der Waals surface area contributed by atoms with Crippen molar-refractivity contribution in [1.29, 1.82) is 0 Å². The first-order valence-electron chi connectivity index (χ1n) is 7.96. The summed E-state index contributed by atoms with van der Waals surface area (Å²) in [7, 11) is 0. The van der Waals surface area contributed by atoms with E-state index in [0.717, 1.165) is 18.0 Å². The van der Waals surface area contributed by atoms with Crippen LogP contribution in [0.1, 0.15) is 45.4 Å². The molecule has 3 nitrogen and oxygen atoms in total. The summed E-state index contributed by atoms with van der Waals surface area (Å²) in [6.45, 7) is 7.67. The van der Waals surface area contributed by atoms with E-state index in [2.05, 4.69) is 16.7 Å². The second-order valence-electron chi connectivity index (χ2n) is 6.89. The number of rotatable bonds is 2. The summed E-state index contributed by atoms with van der Waals surface area (Å²) in [5, 5.41) is 0. The first kappa shape index (κ1) is 12.9. The van der Waals surface area contributed by atoms with Gasteiger partial charge in [0.15, 0.2) is 0 Å². The van der Waals surface area contributed by atoms with Crippen molar-refractivity contribution in [2.24, 2.45) is 11.7 Å². The minimum absolute atomic E-state index is 0.487. The molecule has 3 rings (SSSR count). The number of piperidine rings is 1. The highest BCUT2D eigenvalue weighted by Crippen LogP contribution is 2.29. The van der Waals surface area contributed by atoms with Gasteiger partial charge in [0, 0.05) is 37.8 Å². The Bertz CT molecular complexity index is 279. The minimum atomic E-state index is 0.487. The Kier molecular flexibility index (Phi) is 3.92. The molecule has 4 unspecified atom stereocenters. The third kappa shape index (κ3) is 2.73. The van der Waals surface area contributed by atoms with E-state index in [1.165, 1.54) is 64.7 Å². The molecule has 0 aromatic rings. The van der Waals surface area contributed by atoms with Gasteiger partial charge in [-0.2, -0.15) is 0 Å². The molecular formula is C15H29N3. The molecule has 3 aliphatic rings. The number of piperazine rings is 1. The largest absolute Gasteiger partial charge is 0.328 e. The molecule has 0 aromatic carbocycles. The first-order valence-corrected chi connectivity index (χ1v) is 7.96. The number of nitrogens with zero attached hydrogens (tertiary/aromatic N) is 2. The number of fused-ring (bicyclic) bond motifs is 1. The lowest BCUT2D eigenvalue weighted by atomic mass is 9.96. The molecule has 2 N–H and O–H groups in total. The van der Waals surface area contributed by atoms with Gasteiger partial charge in [-0.25, -0.2) is 0 Å². The van der Waals surface area contributed by atoms with Crippen LogP contribution in [0.3, 0.4) is 0 Å². The van der Waals surface area contributed by atoms with E-state index in [1.54, 1.807) is 0 Å². The first-order chi connectivity index (χ1) is 8.72. The average molecular weight is 251 g/mol. The lowest BCUT2D eigenvalue weighted by Crippen LogP contribution is -2.59. The molecule has 3 fully saturated rings. The molecule has 104 valence electrons. The van der Waals surface area contributed by atoms with Crippen LogP contribution in [-0.4, -0.2) is 54.1 Å². The van der Waals surface area contributed by atoms with Gasteiger partial charge in [-0.1, -0.05) is 6.42 Å². The van der Waals surface area contributed by atoms with Crippen molar-refractivity contribution in [3.8, 4) is 0 Å². The normalized spacial score (nSPS) is 43.0. The fourth-order valence-electron chi connectivity index (χ4n) is 4.28. The van der Waals surface area contributed by atoms with Crippen molar-refractivity contribution in [3.63, 3.8) is 0 Å². The Morgan fingerprint density at radius 1 is 1.11 bits per heavy atom. The maximum Gasteiger partial charge on any atom is 0.0223 e.